The molecule has 11 rings (SSSR count). The molecule has 0 bridgehead atoms. The molecule has 7 aromatic carbocycles. The number of fused-ring (bicyclic) bond motifs is 2. The molecule has 2 aliphatic rings. The van der Waals surface area contributed by atoms with Crippen molar-refractivity contribution in [2.75, 3.05) is 46.0 Å². The van der Waals surface area contributed by atoms with Crippen LogP contribution in [-0.2, 0) is 0 Å². The summed E-state index contributed by atoms with van der Waals surface area (Å²) < 4.78 is 12.2. The first-order chi connectivity index (χ1) is 33.5. The molecule has 10 heteroatoms. The summed E-state index contributed by atoms with van der Waals surface area (Å²) in [6.07, 6.45) is 1.52. The maximum absolute atomic E-state index is 6.11. The van der Waals surface area contributed by atoms with Gasteiger partial charge in [0.1, 0.15) is 11.0 Å². The Morgan fingerprint density at radius 1 is 0.426 bits per heavy atom. The molecule has 0 spiro atoms. The second kappa shape index (κ2) is 18.4. The molecular weight excluding hydrogens is 841 g/mol. The van der Waals surface area contributed by atoms with Crippen LogP contribution < -0.4 is 19.8 Å². The molecule has 10 nitrogen and oxygen atoms in total. The molecule has 0 saturated carbocycles. The predicted molar refractivity (Wildman–Crippen MR) is 278 cm³/mol. The summed E-state index contributed by atoms with van der Waals surface area (Å²) in [4.78, 5) is 14.2. The number of hydrogen-bond acceptors (Lipinski definition) is 10. The van der Waals surface area contributed by atoms with E-state index in [1.54, 1.807) is 0 Å². The minimum absolute atomic E-state index is 0.0151. The van der Waals surface area contributed by atoms with Gasteiger partial charge in [-0.15, -0.1) is 0 Å². The Morgan fingerprint density at radius 3 is 1.13 bits per heavy atom. The van der Waals surface area contributed by atoms with Gasteiger partial charge in [0.25, 0.3) is 0 Å². The third-order valence-electron chi connectivity index (χ3n) is 13.5. The van der Waals surface area contributed by atoms with Gasteiger partial charge in [0.2, 0.25) is 11.8 Å². The van der Waals surface area contributed by atoms with Crippen LogP contribution in [0.5, 0.6) is 0 Å². The van der Waals surface area contributed by atoms with Crippen molar-refractivity contribution in [1.82, 2.24) is 9.97 Å². The Hall–Kier alpha value is -7.98. The smallest absolute Gasteiger partial charge is 0.227 e. The lowest BCUT2D eigenvalue weighted by atomic mass is 9.95. The van der Waals surface area contributed by atoms with Gasteiger partial charge in [0.15, 0.2) is 11.2 Å². The number of oxazole rings is 2. The third-order valence-corrected chi connectivity index (χ3v) is 13.5. The molecule has 2 aliphatic heterocycles. The van der Waals surface area contributed by atoms with E-state index in [1.807, 2.05) is 48.5 Å². The molecule has 4 heterocycles. The van der Waals surface area contributed by atoms with Gasteiger partial charge in [0, 0.05) is 61.5 Å². The van der Waals surface area contributed by atoms with Crippen molar-refractivity contribution in [1.29, 1.82) is 0 Å². The van der Waals surface area contributed by atoms with Crippen molar-refractivity contribution in [3.8, 4) is 22.9 Å². The quantitative estimate of drug-likeness (QED) is 0.107. The van der Waals surface area contributed by atoms with Crippen LogP contribution >= 0.6 is 0 Å². The second-order valence-electron chi connectivity index (χ2n) is 17.4. The van der Waals surface area contributed by atoms with Crippen molar-refractivity contribution >= 4 is 56.4 Å². The van der Waals surface area contributed by atoms with Crippen molar-refractivity contribution in [2.24, 2.45) is 10.2 Å². The lowest BCUT2D eigenvalue weighted by Crippen LogP contribution is -2.22. The zero-order valence-corrected chi connectivity index (χ0v) is 39.0. The van der Waals surface area contributed by atoms with Crippen LogP contribution in [0.25, 0.3) is 45.1 Å². The van der Waals surface area contributed by atoms with Crippen molar-refractivity contribution in [3.05, 3.63) is 192 Å². The van der Waals surface area contributed by atoms with Gasteiger partial charge in [0.05, 0.1) is 34.9 Å². The van der Waals surface area contributed by atoms with Crippen LogP contribution in [0.3, 0.4) is 0 Å². The Balaban J connectivity index is 0.891. The molecular formula is C58H54N8O2. The summed E-state index contributed by atoms with van der Waals surface area (Å²) in [6.45, 7) is 12.7. The minimum atomic E-state index is 0.0151. The first-order valence-electron chi connectivity index (χ1n) is 23.9. The summed E-state index contributed by atoms with van der Waals surface area (Å²) in [5.74, 6) is 1.21. The summed E-state index contributed by atoms with van der Waals surface area (Å²) in [6, 6.07) is 59.5. The number of para-hydroxylation sites is 4. The second-order valence-corrected chi connectivity index (χ2v) is 17.4. The van der Waals surface area contributed by atoms with Gasteiger partial charge >= 0.3 is 0 Å². The number of aromatic nitrogens is 2. The highest BCUT2D eigenvalue weighted by atomic mass is 16.4. The summed E-state index contributed by atoms with van der Waals surface area (Å²) in [7, 11) is 0. The molecule has 0 amide bonds. The lowest BCUT2D eigenvalue weighted by Gasteiger charge is -2.26. The van der Waals surface area contributed by atoms with Crippen LogP contribution in [0.1, 0.15) is 74.9 Å². The van der Waals surface area contributed by atoms with E-state index in [4.69, 9.17) is 29.0 Å². The molecule has 0 saturated heterocycles. The highest BCUT2D eigenvalue weighted by molar-refractivity contribution is 6.06. The molecule has 9 aromatic rings. The molecule has 2 atom stereocenters. The number of rotatable bonds is 14. The lowest BCUT2D eigenvalue weighted by molar-refractivity contribution is 0.619. The molecule has 0 aliphatic carbocycles. The van der Waals surface area contributed by atoms with Crippen molar-refractivity contribution in [3.63, 3.8) is 0 Å². The number of hydrogen-bond donors (Lipinski definition) is 0. The normalized spacial score (nSPS) is 15.9. The van der Waals surface area contributed by atoms with Crippen molar-refractivity contribution < 1.29 is 8.83 Å². The maximum Gasteiger partial charge on any atom is 0.227 e. The van der Waals surface area contributed by atoms with Crippen LogP contribution in [0.4, 0.5) is 22.7 Å². The van der Waals surface area contributed by atoms with Gasteiger partial charge < -0.3 is 18.6 Å². The molecule has 0 N–H and O–H groups in total. The van der Waals surface area contributed by atoms with Crippen LogP contribution in [0.15, 0.2) is 189 Å². The summed E-state index contributed by atoms with van der Waals surface area (Å²) in [5.41, 5.74) is 16.3. The molecule has 2 unspecified atom stereocenters. The van der Waals surface area contributed by atoms with Crippen LogP contribution in [0.2, 0.25) is 0 Å². The standard InChI is InChI=1S/C58H54N8O2/c1-5-63(6-2)45-29-21-41(22-30-45)53-37-51(61-65(53)47-33-25-43(26-34-47)57-59-49-13-9-11-15-55(49)67-57)39-17-19-40(20-18-39)52-38-54(42-23-31-46(32-24-42)64(7-3)8-4)66(62-52)48-35-27-44(28-36-48)58-60-50-14-10-12-16-56(50)68-58/h9-36,53-54H,5-8,37-38H2,1-4H3. The van der Waals surface area contributed by atoms with Crippen LogP contribution in [0, 0.1) is 0 Å². The molecule has 338 valence electrons. The third kappa shape index (κ3) is 8.16. The minimum Gasteiger partial charge on any atom is -0.436 e. The highest BCUT2D eigenvalue weighted by Crippen LogP contribution is 2.41. The van der Waals surface area contributed by atoms with Crippen LogP contribution in [-0.4, -0.2) is 47.6 Å². The first-order valence-corrected chi connectivity index (χ1v) is 23.9. The fourth-order valence-electron chi connectivity index (χ4n) is 9.72. The summed E-state index contributed by atoms with van der Waals surface area (Å²) >= 11 is 0. The van der Waals surface area contributed by atoms with Gasteiger partial charge in [-0.1, -0.05) is 72.8 Å². The zero-order chi connectivity index (χ0) is 46.1. The fraction of sp³-hybridized carbons (Fsp3) is 0.207. The first kappa shape index (κ1) is 42.6. The predicted octanol–water partition coefficient (Wildman–Crippen LogP) is 13.7. The Kier molecular flexibility index (Phi) is 11.5. The number of nitrogens with zero attached hydrogens (tertiary/aromatic N) is 8. The average Bonchev–Trinajstić information content (AvgIpc) is 4.23. The monoisotopic (exact) mass is 894 g/mol. The highest BCUT2D eigenvalue weighted by Gasteiger charge is 2.33. The van der Waals surface area contributed by atoms with E-state index in [-0.39, 0.29) is 12.1 Å². The zero-order valence-electron chi connectivity index (χ0n) is 39.0. The molecule has 0 radical (unpaired) electrons. The van der Waals surface area contributed by atoms with E-state index in [1.165, 1.54) is 22.5 Å². The fourth-order valence-corrected chi connectivity index (χ4v) is 9.72. The van der Waals surface area contributed by atoms with E-state index in [0.29, 0.717) is 11.8 Å². The Bertz CT molecular complexity index is 2950. The Labute approximate surface area is 397 Å². The van der Waals surface area contributed by atoms with E-state index < -0.39 is 0 Å². The number of benzene rings is 7. The van der Waals surface area contributed by atoms with Gasteiger partial charge in [-0.25, -0.2) is 9.97 Å². The number of hydrazone groups is 2. The largest absolute Gasteiger partial charge is 0.436 e. The van der Waals surface area contributed by atoms with Gasteiger partial charge in [-0.05, 0) is 147 Å². The molecule has 2 aromatic heterocycles. The molecule has 0 fully saturated rings. The SMILES string of the molecule is CCN(CC)c1ccc(C2CC(c3ccc(C4=NN(c5ccc(-c6nc7ccccc7o6)cc5)C(c5ccc(N(CC)CC)cc5)C4)cc3)=NN2c2ccc(-c3nc4ccccc4o3)cc2)cc1. The molecule has 68 heavy (non-hydrogen) atoms. The Morgan fingerprint density at radius 2 is 0.779 bits per heavy atom. The number of anilines is 4. The average molecular weight is 895 g/mol. The van der Waals surface area contributed by atoms with E-state index >= 15 is 0 Å². The van der Waals surface area contributed by atoms with E-state index in [9.17, 15) is 0 Å². The van der Waals surface area contributed by atoms with Gasteiger partial charge in [-0.3, -0.25) is 10.0 Å². The van der Waals surface area contributed by atoms with Gasteiger partial charge in [-0.2, -0.15) is 10.2 Å². The van der Waals surface area contributed by atoms with Crippen molar-refractivity contribution in [2.45, 2.75) is 52.6 Å². The van der Waals surface area contributed by atoms with E-state index in [2.05, 4.69) is 169 Å². The maximum atomic E-state index is 6.11. The van der Waals surface area contributed by atoms with E-state index in [0.717, 1.165) is 106 Å². The topological polar surface area (TPSA) is 89.7 Å². The summed E-state index contributed by atoms with van der Waals surface area (Å²) in [5, 5.41) is 15.1.